The Morgan fingerprint density at radius 1 is 1.00 bits per heavy atom. The SMILES string of the molecule is COc1ccccc1OCC(=O)NCC(=O)NCCc1cccc(Cl)c1. The molecule has 0 spiro atoms. The molecule has 6 nitrogen and oxygen atoms in total. The number of ether oxygens (including phenoxy) is 2. The third kappa shape index (κ3) is 6.64. The van der Waals surface area contributed by atoms with Gasteiger partial charge in [-0.15, -0.1) is 0 Å². The first-order valence-electron chi connectivity index (χ1n) is 8.12. The smallest absolute Gasteiger partial charge is 0.258 e. The van der Waals surface area contributed by atoms with Gasteiger partial charge in [-0.25, -0.2) is 0 Å². The molecule has 0 aliphatic heterocycles. The van der Waals surface area contributed by atoms with Crippen molar-refractivity contribution in [2.75, 3.05) is 26.8 Å². The van der Waals surface area contributed by atoms with Crippen molar-refractivity contribution in [1.29, 1.82) is 0 Å². The fourth-order valence-electron chi connectivity index (χ4n) is 2.21. The average molecular weight is 377 g/mol. The van der Waals surface area contributed by atoms with Crippen LogP contribution >= 0.6 is 11.6 Å². The van der Waals surface area contributed by atoms with Crippen molar-refractivity contribution in [1.82, 2.24) is 10.6 Å². The number of methoxy groups -OCH3 is 1. The number of carbonyl (C=O) groups excluding carboxylic acids is 2. The van der Waals surface area contributed by atoms with E-state index in [9.17, 15) is 9.59 Å². The molecule has 0 saturated carbocycles. The van der Waals surface area contributed by atoms with E-state index < -0.39 is 0 Å². The van der Waals surface area contributed by atoms with Gasteiger partial charge >= 0.3 is 0 Å². The Morgan fingerprint density at radius 3 is 2.50 bits per heavy atom. The largest absolute Gasteiger partial charge is 0.493 e. The molecule has 0 unspecified atom stereocenters. The monoisotopic (exact) mass is 376 g/mol. The summed E-state index contributed by atoms with van der Waals surface area (Å²) in [5.74, 6) is 0.355. The number of nitrogens with one attached hydrogen (secondary N) is 2. The van der Waals surface area contributed by atoms with Gasteiger partial charge in [-0.3, -0.25) is 9.59 Å². The van der Waals surface area contributed by atoms with Crippen LogP contribution in [0.3, 0.4) is 0 Å². The topological polar surface area (TPSA) is 76.7 Å². The molecule has 2 aromatic carbocycles. The van der Waals surface area contributed by atoms with Crippen molar-refractivity contribution in [2.24, 2.45) is 0 Å². The minimum Gasteiger partial charge on any atom is -0.493 e. The molecule has 26 heavy (non-hydrogen) atoms. The number of hydrogen-bond acceptors (Lipinski definition) is 4. The summed E-state index contributed by atoms with van der Waals surface area (Å²) in [6, 6.07) is 14.5. The Bertz CT molecular complexity index is 752. The number of rotatable bonds is 9. The molecule has 0 heterocycles. The Balaban J connectivity index is 1.64. The fraction of sp³-hybridized carbons (Fsp3) is 0.263. The van der Waals surface area contributed by atoms with Gasteiger partial charge in [0.2, 0.25) is 5.91 Å². The number of hydrogen-bond donors (Lipinski definition) is 2. The van der Waals surface area contributed by atoms with Crippen molar-refractivity contribution < 1.29 is 19.1 Å². The normalized spacial score (nSPS) is 10.1. The number of amides is 2. The van der Waals surface area contributed by atoms with Gasteiger partial charge in [0.1, 0.15) is 0 Å². The van der Waals surface area contributed by atoms with Crippen LogP contribution in [-0.2, 0) is 16.0 Å². The van der Waals surface area contributed by atoms with Crippen LogP contribution in [0.15, 0.2) is 48.5 Å². The summed E-state index contributed by atoms with van der Waals surface area (Å²) in [6.45, 7) is 0.159. The van der Waals surface area contributed by atoms with Crippen LogP contribution in [0.25, 0.3) is 0 Å². The second-order valence-electron chi connectivity index (χ2n) is 5.45. The molecule has 0 aliphatic rings. The quantitative estimate of drug-likeness (QED) is 0.703. The summed E-state index contributed by atoms with van der Waals surface area (Å²) < 4.78 is 10.5. The average Bonchev–Trinajstić information content (AvgIpc) is 2.65. The third-order valence-corrected chi connectivity index (χ3v) is 3.73. The molecule has 2 N–H and O–H groups in total. The molecular formula is C19H21ClN2O4. The molecule has 7 heteroatoms. The van der Waals surface area contributed by atoms with E-state index in [1.807, 2.05) is 18.2 Å². The van der Waals surface area contributed by atoms with E-state index in [1.54, 1.807) is 30.3 Å². The van der Waals surface area contributed by atoms with Crippen LogP contribution in [0.1, 0.15) is 5.56 Å². The van der Waals surface area contributed by atoms with E-state index >= 15 is 0 Å². The zero-order chi connectivity index (χ0) is 18.8. The lowest BCUT2D eigenvalue weighted by Gasteiger charge is -2.10. The lowest BCUT2D eigenvalue weighted by molar-refractivity contribution is -0.127. The molecule has 2 rings (SSSR count). The van der Waals surface area contributed by atoms with Crippen LogP contribution in [0.2, 0.25) is 5.02 Å². The fourth-order valence-corrected chi connectivity index (χ4v) is 2.43. The Labute approximate surface area is 157 Å². The highest BCUT2D eigenvalue weighted by Gasteiger charge is 2.08. The second kappa shape index (κ2) is 10.3. The predicted octanol–water partition coefficient (Wildman–Crippen LogP) is 2.20. The Kier molecular flexibility index (Phi) is 7.76. The van der Waals surface area contributed by atoms with E-state index in [0.717, 1.165) is 5.56 Å². The van der Waals surface area contributed by atoms with Gasteiger partial charge in [-0.1, -0.05) is 35.9 Å². The van der Waals surface area contributed by atoms with Gasteiger partial charge in [0.05, 0.1) is 13.7 Å². The van der Waals surface area contributed by atoms with Crippen molar-refractivity contribution >= 4 is 23.4 Å². The molecule has 0 aliphatic carbocycles. The zero-order valence-corrected chi connectivity index (χ0v) is 15.2. The van der Waals surface area contributed by atoms with Gasteiger partial charge in [0, 0.05) is 11.6 Å². The van der Waals surface area contributed by atoms with Crippen LogP contribution in [0.5, 0.6) is 11.5 Å². The first-order valence-corrected chi connectivity index (χ1v) is 8.50. The molecule has 138 valence electrons. The van der Waals surface area contributed by atoms with Crippen LogP contribution < -0.4 is 20.1 Å². The van der Waals surface area contributed by atoms with Crippen molar-refractivity contribution in [3.8, 4) is 11.5 Å². The summed E-state index contributed by atoms with van der Waals surface area (Å²) in [5, 5.41) is 5.91. The predicted molar refractivity (Wildman–Crippen MR) is 99.7 cm³/mol. The standard InChI is InChI=1S/C19H21ClN2O4/c1-25-16-7-2-3-8-17(16)26-13-19(24)22-12-18(23)21-10-9-14-5-4-6-15(20)11-14/h2-8,11H,9-10,12-13H2,1H3,(H,21,23)(H,22,24). The maximum Gasteiger partial charge on any atom is 0.258 e. The third-order valence-electron chi connectivity index (χ3n) is 3.50. The Hall–Kier alpha value is -2.73. The first kappa shape index (κ1) is 19.6. The van der Waals surface area contributed by atoms with Gasteiger partial charge in [0.15, 0.2) is 18.1 Å². The van der Waals surface area contributed by atoms with E-state index in [0.29, 0.717) is 29.5 Å². The number of carbonyl (C=O) groups is 2. The highest BCUT2D eigenvalue weighted by molar-refractivity contribution is 6.30. The van der Waals surface area contributed by atoms with Crippen LogP contribution in [-0.4, -0.2) is 38.6 Å². The summed E-state index contributed by atoms with van der Waals surface area (Å²) >= 11 is 5.91. The Morgan fingerprint density at radius 2 is 1.77 bits per heavy atom. The summed E-state index contributed by atoms with van der Waals surface area (Å²) in [5.41, 5.74) is 1.03. The van der Waals surface area contributed by atoms with Crippen molar-refractivity contribution in [3.05, 3.63) is 59.1 Å². The van der Waals surface area contributed by atoms with Crippen LogP contribution in [0, 0.1) is 0 Å². The minimum absolute atomic E-state index is 0.107. The summed E-state index contributed by atoms with van der Waals surface area (Å²) in [6.07, 6.45) is 0.664. The van der Waals surface area contributed by atoms with Gasteiger partial charge in [-0.05, 0) is 36.2 Å². The summed E-state index contributed by atoms with van der Waals surface area (Å²) in [7, 11) is 1.52. The molecule has 0 atom stereocenters. The maximum absolute atomic E-state index is 11.8. The van der Waals surface area contributed by atoms with Crippen molar-refractivity contribution in [3.63, 3.8) is 0 Å². The maximum atomic E-state index is 11.8. The molecular weight excluding hydrogens is 356 g/mol. The number of benzene rings is 2. The van der Waals surface area contributed by atoms with E-state index in [-0.39, 0.29) is 25.0 Å². The lowest BCUT2D eigenvalue weighted by atomic mass is 10.1. The van der Waals surface area contributed by atoms with Gasteiger partial charge in [-0.2, -0.15) is 0 Å². The summed E-state index contributed by atoms with van der Waals surface area (Å²) in [4.78, 5) is 23.5. The number of halogens is 1. The van der Waals surface area contributed by atoms with Crippen LogP contribution in [0.4, 0.5) is 0 Å². The highest BCUT2D eigenvalue weighted by Crippen LogP contribution is 2.25. The highest BCUT2D eigenvalue weighted by atomic mass is 35.5. The first-order chi connectivity index (χ1) is 12.6. The molecule has 0 saturated heterocycles. The second-order valence-corrected chi connectivity index (χ2v) is 5.88. The molecule has 0 aromatic heterocycles. The molecule has 0 fully saturated rings. The van der Waals surface area contributed by atoms with E-state index in [1.165, 1.54) is 7.11 Å². The molecule has 2 aromatic rings. The molecule has 0 radical (unpaired) electrons. The molecule has 0 bridgehead atoms. The molecule has 2 amide bonds. The zero-order valence-electron chi connectivity index (χ0n) is 14.5. The van der Waals surface area contributed by atoms with Crippen molar-refractivity contribution in [2.45, 2.75) is 6.42 Å². The van der Waals surface area contributed by atoms with Gasteiger partial charge < -0.3 is 20.1 Å². The van der Waals surface area contributed by atoms with E-state index in [2.05, 4.69) is 10.6 Å². The lowest BCUT2D eigenvalue weighted by Crippen LogP contribution is -2.39. The number of para-hydroxylation sites is 2. The van der Waals surface area contributed by atoms with Gasteiger partial charge in [0.25, 0.3) is 5.91 Å². The van der Waals surface area contributed by atoms with E-state index in [4.69, 9.17) is 21.1 Å². The minimum atomic E-state index is -0.388.